The van der Waals surface area contributed by atoms with Gasteiger partial charge in [0, 0.05) is 0 Å². The topological polar surface area (TPSA) is 9.23 Å². The predicted molar refractivity (Wildman–Crippen MR) is 87.4 cm³/mol. The quantitative estimate of drug-likeness (QED) is 0.478. The van der Waals surface area contributed by atoms with Crippen LogP contribution in [-0.4, -0.2) is 0 Å². The zero-order valence-corrected chi connectivity index (χ0v) is 13.9. The van der Waals surface area contributed by atoms with Gasteiger partial charge in [0.05, 0.1) is 0 Å². The highest BCUT2D eigenvalue weighted by Crippen LogP contribution is 2.35. The molecule has 7 heteroatoms. The minimum atomic E-state index is -4.11. The van der Waals surface area contributed by atoms with Gasteiger partial charge in [0.2, 0.25) is 0 Å². The predicted octanol–water partition coefficient (Wildman–Crippen LogP) is 6.35. The van der Waals surface area contributed by atoms with E-state index in [1.54, 1.807) is 0 Å². The van der Waals surface area contributed by atoms with E-state index in [1.807, 2.05) is 0 Å². The first kappa shape index (κ1) is 18.8. The van der Waals surface area contributed by atoms with Gasteiger partial charge in [0.15, 0.2) is 23.3 Å². The van der Waals surface area contributed by atoms with Gasteiger partial charge in [-0.1, -0.05) is 24.3 Å². The van der Waals surface area contributed by atoms with Crippen molar-refractivity contribution in [2.24, 2.45) is 0 Å². The highest BCUT2D eigenvalue weighted by Gasteiger charge is 2.39. The molecule has 0 spiro atoms. The van der Waals surface area contributed by atoms with Crippen LogP contribution in [0.3, 0.4) is 0 Å². The van der Waals surface area contributed by atoms with Crippen molar-refractivity contribution in [2.75, 3.05) is 0 Å². The Labute approximate surface area is 150 Å². The van der Waals surface area contributed by atoms with Crippen molar-refractivity contribution in [3.8, 4) is 16.9 Å². The molecule has 0 saturated carbocycles. The average molecular weight is 382 g/mol. The number of hydrogen-bond acceptors (Lipinski definition) is 1. The summed E-state index contributed by atoms with van der Waals surface area (Å²) in [6, 6.07) is 10.0. The number of alkyl halides is 2. The summed E-state index contributed by atoms with van der Waals surface area (Å²) in [6.45, 7) is 1.25. The molecule has 0 bridgehead atoms. The molecular weight excluding hydrogens is 370 g/mol. The molecule has 0 radical (unpaired) electrons. The molecule has 0 heterocycles. The summed E-state index contributed by atoms with van der Waals surface area (Å²) in [6.07, 6.45) is -4.11. The molecule has 0 atom stereocenters. The normalized spacial score (nSPS) is 11.5. The number of aryl methyl sites for hydroxylation is 1. The lowest BCUT2D eigenvalue weighted by molar-refractivity contribution is -0.187. The summed E-state index contributed by atoms with van der Waals surface area (Å²) in [5.74, 6) is -5.42. The Morgan fingerprint density at radius 2 is 1.33 bits per heavy atom. The molecule has 3 aromatic carbocycles. The Morgan fingerprint density at radius 1 is 0.704 bits per heavy atom. The number of rotatable bonds is 4. The van der Waals surface area contributed by atoms with Gasteiger partial charge in [-0.05, 0) is 53.9 Å². The van der Waals surface area contributed by atoms with Crippen LogP contribution in [0.2, 0.25) is 0 Å². The molecular formula is C20H12F6O. The van der Waals surface area contributed by atoms with E-state index in [1.165, 1.54) is 25.1 Å². The Bertz CT molecular complexity index is 983. The molecule has 27 heavy (non-hydrogen) atoms. The summed E-state index contributed by atoms with van der Waals surface area (Å²) in [5.41, 5.74) is -0.575. The van der Waals surface area contributed by atoms with Crippen LogP contribution in [0.25, 0.3) is 11.1 Å². The second-order valence-electron chi connectivity index (χ2n) is 5.83. The Balaban J connectivity index is 1.85. The second-order valence-corrected chi connectivity index (χ2v) is 5.83. The lowest BCUT2D eigenvalue weighted by atomic mass is 10.1. The molecule has 0 aliphatic heterocycles. The third-order valence-corrected chi connectivity index (χ3v) is 3.94. The van der Waals surface area contributed by atoms with Gasteiger partial charge < -0.3 is 4.74 Å². The molecule has 0 saturated heterocycles. The SMILES string of the molecule is Cc1ccc(C(F)(F)Oc2ccc(-c3ccc(F)c(F)c3)cc2)c(F)c1F. The van der Waals surface area contributed by atoms with Crippen molar-refractivity contribution in [3.63, 3.8) is 0 Å². The van der Waals surface area contributed by atoms with Crippen LogP contribution in [-0.2, 0) is 6.11 Å². The van der Waals surface area contributed by atoms with E-state index in [-0.39, 0.29) is 11.3 Å². The molecule has 0 N–H and O–H groups in total. The van der Waals surface area contributed by atoms with Gasteiger partial charge in [-0.25, -0.2) is 17.6 Å². The van der Waals surface area contributed by atoms with Crippen LogP contribution in [0.1, 0.15) is 11.1 Å². The molecule has 3 rings (SSSR count). The lowest BCUT2D eigenvalue weighted by Crippen LogP contribution is -2.24. The minimum Gasteiger partial charge on any atom is -0.429 e. The molecule has 140 valence electrons. The van der Waals surface area contributed by atoms with E-state index in [9.17, 15) is 26.3 Å². The molecule has 0 unspecified atom stereocenters. The third-order valence-electron chi connectivity index (χ3n) is 3.94. The fourth-order valence-corrected chi connectivity index (χ4v) is 2.46. The molecule has 0 amide bonds. The molecule has 3 aromatic rings. The molecule has 1 nitrogen and oxygen atoms in total. The molecule has 0 aromatic heterocycles. The highest BCUT2D eigenvalue weighted by molar-refractivity contribution is 5.64. The second kappa shape index (κ2) is 6.98. The van der Waals surface area contributed by atoms with Crippen molar-refractivity contribution < 1.29 is 31.1 Å². The van der Waals surface area contributed by atoms with Gasteiger partial charge in [-0.3, -0.25) is 0 Å². The Hall–Kier alpha value is -2.96. The average Bonchev–Trinajstić information content (AvgIpc) is 2.62. The summed E-state index contributed by atoms with van der Waals surface area (Å²) < 4.78 is 86.6. The lowest BCUT2D eigenvalue weighted by Gasteiger charge is -2.19. The van der Waals surface area contributed by atoms with Gasteiger partial charge in [0.25, 0.3) is 0 Å². The van der Waals surface area contributed by atoms with Gasteiger partial charge in [-0.2, -0.15) is 8.78 Å². The van der Waals surface area contributed by atoms with Crippen molar-refractivity contribution >= 4 is 0 Å². The van der Waals surface area contributed by atoms with Gasteiger partial charge >= 0.3 is 6.11 Å². The van der Waals surface area contributed by atoms with E-state index in [0.717, 1.165) is 36.4 Å². The van der Waals surface area contributed by atoms with Crippen molar-refractivity contribution in [3.05, 3.63) is 89.0 Å². The van der Waals surface area contributed by atoms with Crippen LogP contribution in [0.5, 0.6) is 5.75 Å². The van der Waals surface area contributed by atoms with E-state index in [4.69, 9.17) is 0 Å². The van der Waals surface area contributed by atoms with Crippen LogP contribution < -0.4 is 4.74 Å². The highest BCUT2D eigenvalue weighted by atomic mass is 19.3. The zero-order chi connectivity index (χ0) is 19.8. The van der Waals surface area contributed by atoms with Crippen molar-refractivity contribution in [1.29, 1.82) is 0 Å². The van der Waals surface area contributed by atoms with E-state index >= 15 is 0 Å². The van der Waals surface area contributed by atoms with Gasteiger partial charge in [0.1, 0.15) is 11.3 Å². The first-order chi connectivity index (χ1) is 12.7. The fraction of sp³-hybridized carbons (Fsp3) is 0.100. The number of halogens is 6. The van der Waals surface area contributed by atoms with E-state index in [0.29, 0.717) is 11.1 Å². The van der Waals surface area contributed by atoms with Crippen molar-refractivity contribution in [1.82, 2.24) is 0 Å². The van der Waals surface area contributed by atoms with Crippen molar-refractivity contribution in [2.45, 2.75) is 13.0 Å². The molecule has 0 aliphatic rings. The number of benzene rings is 3. The summed E-state index contributed by atoms with van der Waals surface area (Å²) in [5, 5.41) is 0. The standard InChI is InChI=1S/C20H12F6O/c1-11-2-8-15(19(24)18(11)23)20(25,26)27-14-6-3-12(4-7-14)13-5-9-16(21)17(22)10-13/h2-10H,1H3. The van der Waals surface area contributed by atoms with E-state index in [2.05, 4.69) is 4.74 Å². The van der Waals surface area contributed by atoms with E-state index < -0.39 is 34.9 Å². The Morgan fingerprint density at radius 3 is 1.96 bits per heavy atom. The zero-order valence-electron chi connectivity index (χ0n) is 13.9. The summed E-state index contributed by atoms with van der Waals surface area (Å²) >= 11 is 0. The van der Waals surface area contributed by atoms with Gasteiger partial charge in [-0.15, -0.1) is 0 Å². The van der Waals surface area contributed by atoms with Crippen LogP contribution in [0.4, 0.5) is 26.3 Å². The fourth-order valence-electron chi connectivity index (χ4n) is 2.46. The summed E-state index contributed by atoms with van der Waals surface area (Å²) in [4.78, 5) is 0. The first-order valence-corrected chi connectivity index (χ1v) is 7.76. The number of ether oxygens (including phenoxy) is 1. The maximum absolute atomic E-state index is 14.2. The molecule has 0 fully saturated rings. The minimum absolute atomic E-state index is 0.108. The third kappa shape index (κ3) is 3.77. The maximum Gasteiger partial charge on any atom is 0.429 e. The molecule has 0 aliphatic carbocycles. The first-order valence-electron chi connectivity index (χ1n) is 7.76. The monoisotopic (exact) mass is 382 g/mol. The van der Waals surface area contributed by atoms with Crippen LogP contribution in [0, 0.1) is 30.2 Å². The summed E-state index contributed by atoms with van der Waals surface area (Å²) in [7, 11) is 0. The number of hydrogen-bond donors (Lipinski definition) is 0. The maximum atomic E-state index is 14.2. The largest absolute Gasteiger partial charge is 0.429 e. The smallest absolute Gasteiger partial charge is 0.429 e. The van der Waals surface area contributed by atoms with Crippen LogP contribution >= 0.6 is 0 Å². The van der Waals surface area contributed by atoms with Crippen LogP contribution in [0.15, 0.2) is 54.6 Å². The Kier molecular flexibility index (Phi) is 4.87.